The van der Waals surface area contributed by atoms with Gasteiger partial charge in [-0.25, -0.2) is 0 Å². The van der Waals surface area contributed by atoms with E-state index in [0.717, 1.165) is 33.0 Å². The van der Waals surface area contributed by atoms with E-state index >= 15 is 0 Å². The third-order valence-electron chi connectivity index (χ3n) is 4.18. The number of halogens is 1. The molecule has 2 aromatic heterocycles. The maximum absolute atomic E-state index is 12.2. The predicted molar refractivity (Wildman–Crippen MR) is 104 cm³/mol. The topological polar surface area (TPSA) is 54.9 Å². The lowest BCUT2D eigenvalue weighted by Crippen LogP contribution is -2.23. The van der Waals surface area contributed by atoms with Crippen LogP contribution in [0, 0.1) is 6.92 Å². The summed E-state index contributed by atoms with van der Waals surface area (Å²) < 4.78 is 0. The zero-order valence-corrected chi connectivity index (χ0v) is 15.3. The summed E-state index contributed by atoms with van der Waals surface area (Å²) in [4.78, 5) is 20.7. The largest absolute Gasteiger partial charge is 0.352 e. The number of carbonyl (C=O) groups excluding carboxylic acids is 1. The second-order valence-electron chi connectivity index (χ2n) is 6.11. The maximum Gasteiger partial charge on any atom is 0.220 e. The molecule has 3 aromatic rings. The number of hydrogen-bond acceptors (Lipinski definition) is 3. The van der Waals surface area contributed by atoms with Gasteiger partial charge in [-0.05, 0) is 54.3 Å². The summed E-state index contributed by atoms with van der Waals surface area (Å²) in [5.74, 6) is 0.0159. The van der Waals surface area contributed by atoms with Crippen molar-refractivity contribution in [2.45, 2.75) is 26.3 Å². The average Bonchev–Trinajstić information content (AvgIpc) is 2.68. The van der Waals surface area contributed by atoms with Crippen molar-refractivity contribution < 1.29 is 4.79 Å². The smallest absolute Gasteiger partial charge is 0.220 e. The van der Waals surface area contributed by atoms with Gasteiger partial charge in [-0.3, -0.25) is 14.8 Å². The van der Waals surface area contributed by atoms with E-state index in [2.05, 4.69) is 15.3 Å². The molecular weight excluding hydrogens is 346 g/mol. The highest BCUT2D eigenvalue weighted by atomic mass is 35.5. The number of aryl methyl sites for hydroxylation is 2. The van der Waals surface area contributed by atoms with E-state index < -0.39 is 0 Å². The Morgan fingerprint density at radius 3 is 2.69 bits per heavy atom. The van der Waals surface area contributed by atoms with Crippen molar-refractivity contribution in [2.24, 2.45) is 0 Å². The molecule has 5 heteroatoms. The Hall–Kier alpha value is -2.72. The quantitative estimate of drug-likeness (QED) is 0.706. The molecule has 0 unspecified atom stereocenters. The van der Waals surface area contributed by atoms with E-state index in [0.29, 0.717) is 19.4 Å². The number of rotatable bonds is 6. The zero-order chi connectivity index (χ0) is 18.4. The van der Waals surface area contributed by atoms with Gasteiger partial charge in [0.05, 0.1) is 5.69 Å². The minimum atomic E-state index is 0.0159. The van der Waals surface area contributed by atoms with Gasteiger partial charge in [0.1, 0.15) is 0 Å². The Morgan fingerprint density at radius 1 is 1.12 bits per heavy atom. The summed E-state index contributed by atoms with van der Waals surface area (Å²) in [7, 11) is 0. The highest BCUT2D eigenvalue weighted by Crippen LogP contribution is 2.20. The SMILES string of the molecule is Cc1cc(CCC(=O)NCc2cccnc2-c2ccncc2)ccc1Cl. The van der Waals surface area contributed by atoms with Gasteiger partial charge in [0.15, 0.2) is 0 Å². The summed E-state index contributed by atoms with van der Waals surface area (Å²) in [6.45, 7) is 2.42. The monoisotopic (exact) mass is 365 g/mol. The van der Waals surface area contributed by atoms with E-state index in [1.54, 1.807) is 18.6 Å². The molecule has 0 bridgehead atoms. The minimum absolute atomic E-state index is 0.0159. The Labute approximate surface area is 158 Å². The molecule has 0 spiro atoms. The van der Waals surface area contributed by atoms with Crippen molar-refractivity contribution in [3.63, 3.8) is 0 Å². The van der Waals surface area contributed by atoms with Crippen molar-refractivity contribution in [1.82, 2.24) is 15.3 Å². The summed E-state index contributed by atoms with van der Waals surface area (Å²) in [6.07, 6.45) is 6.35. The first-order valence-electron chi connectivity index (χ1n) is 8.49. The second-order valence-corrected chi connectivity index (χ2v) is 6.51. The number of aromatic nitrogens is 2. The standard InChI is InChI=1S/C21H20ClN3O/c1-15-13-16(4-6-19(15)22)5-7-20(26)25-14-18-3-2-10-24-21(18)17-8-11-23-12-9-17/h2-4,6,8-13H,5,7,14H2,1H3,(H,25,26). The fraction of sp³-hybridized carbons (Fsp3) is 0.190. The second kappa shape index (κ2) is 8.59. The first-order valence-corrected chi connectivity index (χ1v) is 8.87. The molecule has 0 saturated heterocycles. The average molecular weight is 366 g/mol. The molecule has 0 atom stereocenters. The Kier molecular flexibility index (Phi) is 5.97. The highest BCUT2D eigenvalue weighted by Gasteiger charge is 2.08. The molecule has 0 aliphatic carbocycles. The number of carbonyl (C=O) groups is 1. The van der Waals surface area contributed by atoms with E-state index in [-0.39, 0.29) is 5.91 Å². The summed E-state index contributed by atoms with van der Waals surface area (Å²) in [5.41, 5.74) is 4.97. The van der Waals surface area contributed by atoms with Crippen LogP contribution in [0.15, 0.2) is 61.1 Å². The molecule has 1 aromatic carbocycles. The fourth-order valence-electron chi connectivity index (χ4n) is 2.75. The van der Waals surface area contributed by atoms with Crippen LogP contribution in [0.3, 0.4) is 0 Å². The van der Waals surface area contributed by atoms with Crippen LogP contribution in [-0.2, 0) is 17.8 Å². The molecule has 1 N–H and O–H groups in total. The zero-order valence-electron chi connectivity index (χ0n) is 14.6. The Morgan fingerprint density at radius 2 is 1.92 bits per heavy atom. The molecule has 0 aliphatic heterocycles. The molecule has 0 fully saturated rings. The number of hydrogen-bond donors (Lipinski definition) is 1. The van der Waals surface area contributed by atoms with Crippen LogP contribution >= 0.6 is 11.6 Å². The van der Waals surface area contributed by atoms with Gasteiger partial charge in [-0.2, -0.15) is 0 Å². The van der Waals surface area contributed by atoms with Crippen LogP contribution in [-0.4, -0.2) is 15.9 Å². The first kappa shape index (κ1) is 18.1. The number of benzene rings is 1. The minimum Gasteiger partial charge on any atom is -0.352 e. The van der Waals surface area contributed by atoms with Gasteiger partial charge in [-0.1, -0.05) is 29.8 Å². The van der Waals surface area contributed by atoms with Crippen LogP contribution < -0.4 is 5.32 Å². The van der Waals surface area contributed by atoms with E-state index in [1.165, 1.54) is 0 Å². The lowest BCUT2D eigenvalue weighted by atomic mass is 10.1. The van der Waals surface area contributed by atoms with Crippen LogP contribution in [0.1, 0.15) is 23.1 Å². The summed E-state index contributed by atoms with van der Waals surface area (Å²) >= 11 is 6.04. The molecule has 3 rings (SSSR count). The molecule has 0 aliphatic rings. The van der Waals surface area contributed by atoms with Crippen molar-refractivity contribution >= 4 is 17.5 Å². The van der Waals surface area contributed by atoms with E-state index in [4.69, 9.17) is 11.6 Å². The predicted octanol–water partition coefficient (Wildman–Crippen LogP) is 4.35. The molecular formula is C21H20ClN3O. The van der Waals surface area contributed by atoms with Gasteiger partial charge < -0.3 is 5.32 Å². The molecule has 4 nitrogen and oxygen atoms in total. The lowest BCUT2D eigenvalue weighted by molar-refractivity contribution is -0.121. The van der Waals surface area contributed by atoms with Gasteiger partial charge in [0.25, 0.3) is 0 Å². The third-order valence-corrected chi connectivity index (χ3v) is 4.61. The molecule has 26 heavy (non-hydrogen) atoms. The number of nitrogens with one attached hydrogen (secondary N) is 1. The first-order chi connectivity index (χ1) is 12.6. The molecule has 2 heterocycles. The Balaban J connectivity index is 1.59. The van der Waals surface area contributed by atoms with E-state index in [9.17, 15) is 4.79 Å². The van der Waals surface area contributed by atoms with Gasteiger partial charge in [-0.15, -0.1) is 0 Å². The third kappa shape index (κ3) is 4.67. The van der Waals surface area contributed by atoms with Gasteiger partial charge >= 0.3 is 0 Å². The van der Waals surface area contributed by atoms with Crippen molar-refractivity contribution in [1.29, 1.82) is 0 Å². The van der Waals surface area contributed by atoms with Crippen LogP contribution in [0.4, 0.5) is 0 Å². The molecule has 132 valence electrons. The van der Waals surface area contributed by atoms with Crippen LogP contribution in [0.25, 0.3) is 11.3 Å². The molecule has 1 amide bonds. The normalized spacial score (nSPS) is 10.5. The fourth-order valence-corrected chi connectivity index (χ4v) is 2.87. The molecule has 0 radical (unpaired) electrons. The van der Waals surface area contributed by atoms with E-state index in [1.807, 2.05) is 49.4 Å². The van der Waals surface area contributed by atoms with Crippen LogP contribution in [0.5, 0.6) is 0 Å². The van der Waals surface area contributed by atoms with Gasteiger partial charge in [0.2, 0.25) is 5.91 Å². The Bertz CT molecular complexity index is 897. The van der Waals surface area contributed by atoms with Crippen molar-refractivity contribution in [3.05, 3.63) is 82.8 Å². The number of amides is 1. The lowest BCUT2D eigenvalue weighted by Gasteiger charge is -2.10. The van der Waals surface area contributed by atoms with Crippen molar-refractivity contribution in [3.8, 4) is 11.3 Å². The number of pyridine rings is 2. The van der Waals surface area contributed by atoms with Crippen LogP contribution in [0.2, 0.25) is 5.02 Å². The van der Waals surface area contributed by atoms with Crippen molar-refractivity contribution in [2.75, 3.05) is 0 Å². The highest BCUT2D eigenvalue weighted by molar-refractivity contribution is 6.31. The molecule has 0 saturated carbocycles. The van der Waals surface area contributed by atoms with Gasteiger partial charge in [0, 0.05) is 42.1 Å². The maximum atomic E-state index is 12.2. The summed E-state index contributed by atoms with van der Waals surface area (Å²) in [6, 6.07) is 13.5. The number of nitrogens with zero attached hydrogens (tertiary/aromatic N) is 2. The summed E-state index contributed by atoms with van der Waals surface area (Å²) in [5, 5.41) is 3.73.